The summed E-state index contributed by atoms with van der Waals surface area (Å²) in [6.07, 6.45) is 0. The standard InChI is InChI=1S/C19H13ClN2O3/c1-22-17-11-14(25-2)8-10-15(17)21-16(19(22)24)9-5-12-3-6-13(7-4-12)18(20)23/h3-4,6-8,10-11H,1-2H3. The molecule has 0 unspecified atom stereocenters. The summed E-state index contributed by atoms with van der Waals surface area (Å²) in [6.45, 7) is 0. The lowest BCUT2D eigenvalue weighted by Gasteiger charge is -2.07. The zero-order chi connectivity index (χ0) is 18.0. The summed E-state index contributed by atoms with van der Waals surface area (Å²) < 4.78 is 6.66. The summed E-state index contributed by atoms with van der Waals surface area (Å²) in [5.41, 5.74) is 2.22. The number of hydrogen-bond donors (Lipinski definition) is 0. The Morgan fingerprint density at radius 2 is 1.88 bits per heavy atom. The minimum atomic E-state index is -0.528. The summed E-state index contributed by atoms with van der Waals surface area (Å²) in [6, 6.07) is 11.8. The van der Waals surface area contributed by atoms with Gasteiger partial charge >= 0.3 is 0 Å². The van der Waals surface area contributed by atoms with Crippen molar-refractivity contribution in [2.75, 3.05) is 7.11 Å². The number of hydrogen-bond acceptors (Lipinski definition) is 4. The Hall–Kier alpha value is -3.10. The van der Waals surface area contributed by atoms with Crippen LogP contribution in [0.5, 0.6) is 5.75 Å². The van der Waals surface area contributed by atoms with Crippen molar-refractivity contribution in [3.63, 3.8) is 0 Å². The zero-order valence-corrected chi connectivity index (χ0v) is 14.3. The van der Waals surface area contributed by atoms with Gasteiger partial charge < -0.3 is 9.30 Å². The smallest absolute Gasteiger partial charge is 0.285 e. The van der Waals surface area contributed by atoms with Gasteiger partial charge in [-0.1, -0.05) is 5.92 Å². The van der Waals surface area contributed by atoms with Crippen LogP contribution in [0.1, 0.15) is 21.6 Å². The monoisotopic (exact) mass is 352 g/mol. The Bertz CT molecular complexity index is 1090. The van der Waals surface area contributed by atoms with Crippen molar-refractivity contribution < 1.29 is 9.53 Å². The first-order chi connectivity index (χ1) is 12.0. The number of nitrogens with zero attached hydrogens (tertiary/aromatic N) is 2. The number of halogens is 1. The molecule has 3 aromatic rings. The summed E-state index contributed by atoms with van der Waals surface area (Å²) in [5, 5.41) is -0.528. The third-order valence-electron chi connectivity index (χ3n) is 3.72. The number of ether oxygens (including phenoxy) is 1. The van der Waals surface area contributed by atoms with Crippen molar-refractivity contribution in [3.8, 4) is 17.6 Å². The Morgan fingerprint density at radius 1 is 1.16 bits per heavy atom. The Morgan fingerprint density at radius 3 is 2.52 bits per heavy atom. The molecule has 0 aliphatic carbocycles. The largest absolute Gasteiger partial charge is 0.497 e. The van der Waals surface area contributed by atoms with Gasteiger partial charge in [-0.25, -0.2) is 4.98 Å². The van der Waals surface area contributed by atoms with Gasteiger partial charge in [0.05, 0.1) is 18.1 Å². The van der Waals surface area contributed by atoms with Crippen LogP contribution >= 0.6 is 11.6 Å². The number of fused-ring (bicyclic) bond motifs is 1. The molecular weight excluding hydrogens is 340 g/mol. The van der Waals surface area contributed by atoms with Crippen molar-refractivity contribution in [3.05, 3.63) is 69.6 Å². The van der Waals surface area contributed by atoms with Crippen LogP contribution in [0.3, 0.4) is 0 Å². The first-order valence-corrected chi connectivity index (χ1v) is 7.74. The lowest BCUT2D eigenvalue weighted by atomic mass is 10.1. The first-order valence-electron chi connectivity index (χ1n) is 7.36. The third kappa shape index (κ3) is 3.39. The summed E-state index contributed by atoms with van der Waals surface area (Å²) in [7, 11) is 3.23. The highest BCUT2D eigenvalue weighted by Gasteiger charge is 2.08. The lowest BCUT2D eigenvalue weighted by molar-refractivity contribution is 0.108. The summed E-state index contributed by atoms with van der Waals surface area (Å²) in [4.78, 5) is 27.8. The van der Waals surface area contributed by atoms with Crippen LogP contribution < -0.4 is 10.3 Å². The molecule has 0 spiro atoms. The molecule has 0 N–H and O–H groups in total. The van der Waals surface area contributed by atoms with Gasteiger partial charge in [0.2, 0.25) is 0 Å². The highest BCUT2D eigenvalue weighted by atomic mass is 35.5. The molecule has 3 rings (SSSR count). The molecule has 0 aliphatic heterocycles. The summed E-state index contributed by atoms with van der Waals surface area (Å²) >= 11 is 5.41. The Balaban J connectivity index is 2.04. The van der Waals surface area contributed by atoms with E-state index < -0.39 is 5.24 Å². The van der Waals surface area contributed by atoms with Gasteiger partial charge in [-0.2, -0.15) is 0 Å². The molecule has 0 aliphatic rings. The molecule has 1 heterocycles. The van der Waals surface area contributed by atoms with E-state index in [1.54, 1.807) is 56.6 Å². The van der Waals surface area contributed by atoms with E-state index in [0.717, 1.165) is 0 Å². The van der Waals surface area contributed by atoms with Gasteiger partial charge in [0, 0.05) is 24.2 Å². The normalized spacial score (nSPS) is 10.2. The average molecular weight is 353 g/mol. The second-order valence-corrected chi connectivity index (χ2v) is 5.62. The third-order valence-corrected chi connectivity index (χ3v) is 3.94. The molecule has 124 valence electrons. The van der Waals surface area contributed by atoms with E-state index in [9.17, 15) is 9.59 Å². The molecule has 1 aromatic heterocycles. The molecule has 2 aromatic carbocycles. The van der Waals surface area contributed by atoms with Crippen molar-refractivity contribution in [2.24, 2.45) is 7.05 Å². The minimum Gasteiger partial charge on any atom is -0.497 e. The second kappa shape index (κ2) is 6.80. The van der Waals surface area contributed by atoms with Gasteiger partial charge in [0.1, 0.15) is 5.75 Å². The molecule has 0 saturated heterocycles. The fraction of sp³-hybridized carbons (Fsp3) is 0.105. The van der Waals surface area contributed by atoms with Crippen molar-refractivity contribution >= 4 is 27.9 Å². The number of carbonyl (C=O) groups is 1. The number of rotatable bonds is 2. The number of methoxy groups -OCH3 is 1. The number of aromatic nitrogens is 2. The summed E-state index contributed by atoms with van der Waals surface area (Å²) in [5.74, 6) is 6.32. The Labute approximate surface area is 148 Å². The number of carbonyl (C=O) groups excluding carboxylic acids is 1. The van der Waals surface area contributed by atoms with Crippen LogP contribution in [0.25, 0.3) is 11.0 Å². The molecule has 5 nitrogen and oxygen atoms in total. The van der Waals surface area contributed by atoms with Gasteiger partial charge in [0.25, 0.3) is 10.8 Å². The molecule has 0 atom stereocenters. The van der Waals surface area contributed by atoms with E-state index >= 15 is 0 Å². The maximum absolute atomic E-state index is 12.4. The van der Waals surface area contributed by atoms with Crippen LogP contribution in [0.4, 0.5) is 0 Å². The number of benzene rings is 2. The quantitative estimate of drug-likeness (QED) is 0.525. The predicted octanol–water partition coefficient (Wildman–Crippen LogP) is 2.72. The van der Waals surface area contributed by atoms with E-state index in [4.69, 9.17) is 16.3 Å². The first kappa shape index (κ1) is 16.7. The molecule has 0 radical (unpaired) electrons. The maximum atomic E-state index is 12.4. The molecule has 0 fully saturated rings. The predicted molar refractivity (Wildman–Crippen MR) is 96.1 cm³/mol. The zero-order valence-electron chi connectivity index (χ0n) is 13.5. The molecule has 0 bridgehead atoms. The fourth-order valence-corrected chi connectivity index (χ4v) is 2.45. The van der Waals surface area contributed by atoms with Crippen LogP contribution in [0.2, 0.25) is 0 Å². The highest BCUT2D eigenvalue weighted by molar-refractivity contribution is 6.67. The average Bonchev–Trinajstić information content (AvgIpc) is 2.63. The second-order valence-electron chi connectivity index (χ2n) is 5.28. The maximum Gasteiger partial charge on any atom is 0.285 e. The van der Waals surface area contributed by atoms with Gasteiger partial charge in [-0.15, -0.1) is 0 Å². The van der Waals surface area contributed by atoms with E-state index in [1.807, 2.05) is 0 Å². The van der Waals surface area contributed by atoms with Gasteiger partial charge in [-0.3, -0.25) is 9.59 Å². The molecule has 6 heteroatoms. The molecule has 0 amide bonds. The van der Waals surface area contributed by atoms with E-state index in [1.165, 1.54) is 4.57 Å². The van der Waals surface area contributed by atoms with Crippen molar-refractivity contribution in [1.82, 2.24) is 9.55 Å². The molecule has 25 heavy (non-hydrogen) atoms. The number of aryl methyl sites for hydroxylation is 1. The van der Waals surface area contributed by atoms with Gasteiger partial charge in [0.15, 0.2) is 5.69 Å². The SMILES string of the molecule is COc1ccc2nc(C#Cc3ccc(C(=O)Cl)cc3)c(=O)n(C)c2c1. The fourth-order valence-electron chi connectivity index (χ4n) is 2.33. The Kier molecular flexibility index (Phi) is 4.55. The lowest BCUT2D eigenvalue weighted by Crippen LogP contribution is -2.21. The minimum absolute atomic E-state index is 0.151. The van der Waals surface area contributed by atoms with Gasteiger partial charge in [-0.05, 0) is 53.9 Å². The van der Waals surface area contributed by atoms with Crippen LogP contribution in [-0.2, 0) is 7.05 Å². The van der Waals surface area contributed by atoms with E-state index in [0.29, 0.717) is 27.9 Å². The highest BCUT2D eigenvalue weighted by Crippen LogP contribution is 2.17. The van der Waals surface area contributed by atoms with E-state index in [-0.39, 0.29) is 11.3 Å². The van der Waals surface area contributed by atoms with Crippen LogP contribution in [0.15, 0.2) is 47.3 Å². The van der Waals surface area contributed by atoms with Crippen molar-refractivity contribution in [2.45, 2.75) is 0 Å². The van der Waals surface area contributed by atoms with E-state index in [2.05, 4.69) is 16.8 Å². The molecule has 0 saturated carbocycles. The molecular formula is C19H13ClN2O3. The van der Waals surface area contributed by atoms with Crippen LogP contribution in [-0.4, -0.2) is 21.9 Å². The van der Waals surface area contributed by atoms with Crippen molar-refractivity contribution in [1.29, 1.82) is 0 Å². The topological polar surface area (TPSA) is 61.2 Å². The van der Waals surface area contributed by atoms with Crippen LogP contribution in [0, 0.1) is 11.8 Å².